The summed E-state index contributed by atoms with van der Waals surface area (Å²) >= 11 is 0. The number of ether oxygens (including phenoxy) is 7. The first-order chi connectivity index (χ1) is 12.6. The van der Waals surface area contributed by atoms with Gasteiger partial charge in [0.15, 0.2) is 11.6 Å². The molecule has 4 saturated heterocycles. The van der Waals surface area contributed by atoms with Crippen molar-refractivity contribution >= 4 is 5.97 Å². The molecule has 0 aliphatic carbocycles. The SMILES string of the molecule is CCOC(=O)[C@@H]1[C@@H](C)CO[C@@]12O[C@H]([C@H]1COC(C)(C)O1)[C@H]1OC(C)(C)O[C@H]12. The molecule has 7 atom stereocenters. The highest BCUT2D eigenvalue weighted by Crippen LogP contribution is 2.54. The molecule has 0 aromatic rings. The monoisotopic (exact) mass is 386 g/mol. The van der Waals surface area contributed by atoms with Gasteiger partial charge in [-0.15, -0.1) is 0 Å². The maximum Gasteiger partial charge on any atom is 0.314 e. The van der Waals surface area contributed by atoms with Crippen LogP contribution in [0, 0.1) is 11.8 Å². The van der Waals surface area contributed by atoms with Gasteiger partial charge in [-0.05, 0) is 40.5 Å². The minimum Gasteiger partial charge on any atom is -0.466 e. The predicted octanol–water partition coefficient (Wildman–Crippen LogP) is 1.60. The van der Waals surface area contributed by atoms with Gasteiger partial charge in [0.1, 0.15) is 30.3 Å². The van der Waals surface area contributed by atoms with E-state index in [9.17, 15) is 4.79 Å². The van der Waals surface area contributed by atoms with Gasteiger partial charge >= 0.3 is 5.97 Å². The summed E-state index contributed by atoms with van der Waals surface area (Å²) in [6.45, 7) is 12.2. The molecule has 4 rings (SSSR count). The lowest BCUT2D eigenvalue weighted by molar-refractivity contribution is -0.299. The zero-order valence-electron chi connectivity index (χ0n) is 16.9. The van der Waals surface area contributed by atoms with Gasteiger partial charge < -0.3 is 33.2 Å². The van der Waals surface area contributed by atoms with Crippen LogP contribution in [0.25, 0.3) is 0 Å². The standard InChI is InChI=1S/C19H30O8/c1-7-21-16(20)12-10(2)8-23-19(12)15-14(25-18(5,6)27-15)13(26-19)11-9-22-17(3,4)24-11/h10-15H,7-9H2,1-6H3/t10-,11+,12-,13+,14+,15+,19+/m0/s1. The van der Waals surface area contributed by atoms with Crippen LogP contribution < -0.4 is 0 Å². The van der Waals surface area contributed by atoms with Crippen LogP contribution in [-0.4, -0.2) is 67.6 Å². The lowest BCUT2D eigenvalue weighted by atomic mass is 9.85. The van der Waals surface area contributed by atoms with E-state index in [0.29, 0.717) is 19.8 Å². The Kier molecular flexibility index (Phi) is 4.61. The largest absolute Gasteiger partial charge is 0.466 e. The second-order valence-electron chi connectivity index (χ2n) is 8.71. The number of carbonyl (C=O) groups excluding carboxylic acids is 1. The van der Waals surface area contributed by atoms with Crippen LogP contribution in [0.3, 0.4) is 0 Å². The van der Waals surface area contributed by atoms with E-state index in [-0.39, 0.29) is 18.0 Å². The van der Waals surface area contributed by atoms with Crippen molar-refractivity contribution < 1.29 is 38.0 Å². The van der Waals surface area contributed by atoms with Crippen LogP contribution in [0.5, 0.6) is 0 Å². The first kappa shape index (κ1) is 19.5. The molecule has 0 radical (unpaired) electrons. The maximum atomic E-state index is 12.8. The van der Waals surface area contributed by atoms with Crippen LogP contribution in [0.1, 0.15) is 41.5 Å². The first-order valence-corrected chi connectivity index (χ1v) is 9.74. The van der Waals surface area contributed by atoms with Crippen molar-refractivity contribution in [2.45, 2.75) is 83.3 Å². The van der Waals surface area contributed by atoms with Crippen LogP contribution >= 0.6 is 0 Å². The van der Waals surface area contributed by atoms with E-state index in [1.807, 2.05) is 34.6 Å². The molecule has 27 heavy (non-hydrogen) atoms. The molecular formula is C19H30O8. The number of hydrogen-bond donors (Lipinski definition) is 0. The smallest absolute Gasteiger partial charge is 0.314 e. The molecule has 0 saturated carbocycles. The van der Waals surface area contributed by atoms with E-state index in [0.717, 1.165) is 0 Å². The van der Waals surface area contributed by atoms with Gasteiger partial charge in [-0.1, -0.05) is 6.92 Å². The molecule has 8 nitrogen and oxygen atoms in total. The molecule has 0 unspecified atom stereocenters. The van der Waals surface area contributed by atoms with E-state index >= 15 is 0 Å². The molecule has 4 fully saturated rings. The number of esters is 1. The molecule has 0 bridgehead atoms. The second kappa shape index (κ2) is 6.37. The minimum absolute atomic E-state index is 0.0621. The quantitative estimate of drug-likeness (QED) is 0.677. The lowest BCUT2D eigenvalue weighted by Gasteiger charge is -2.35. The summed E-state index contributed by atoms with van der Waals surface area (Å²) < 4.78 is 42.0. The summed E-state index contributed by atoms with van der Waals surface area (Å²) in [4.78, 5) is 12.8. The van der Waals surface area contributed by atoms with Crippen LogP contribution in [0.2, 0.25) is 0 Å². The number of rotatable bonds is 3. The molecule has 0 aromatic heterocycles. The van der Waals surface area contributed by atoms with E-state index < -0.39 is 41.6 Å². The summed E-state index contributed by atoms with van der Waals surface area (Å²) in [5.74, 6) is -3.74. The fourth-order valence-electron chi connectivity index (χ4n) is 4.69. The average molecular weight is 386 g/mol. The van der Waals surface area contributed by atoms with Crippen molar-refractivity contribution in [3.63, 3.8) is 0 Å². The van der Waals surface area contributed by atoms with Crippen molar-refractivity contribution in [3.05, 3.63) is 0 Å². The van der Waals surface area contributed by atoms with Crippen molar-refractivity contribution in [2.75, 3.05) is 19.8 Å². The van der Waals surface area contributed by atoms with Gasteiger partial charge in [0.05, 0.1) is 19.8 Å². The Hall–Kier alpha value is -0.770. The van der Waals surface area contributed by atoms with Gasteiger partial charge in [-0.25, -0.2) is 0 Å². The van der Waals surface area contributed by atoms with Crippen LogP contribution in [0.15, 0.2) is 0 Å². The van der Waals surface area contributed by atoms with Gasteiger partial charge in [-0.3, -0.25) is 4.79 Å². The lowest BCUT2D eigenvalue weighted by Crippen LogP contribution is -2.51. The molecule has 0 N–H and O–H groups in total. The molecule has 4 aliphatic heterocycles. The van der Waals surface area contributed by atoms with E-state index in [2.05, 4.69) is 0 Å². The molecule has 0 amide bonds. The number of carbonyl (C=O) groups is 1. The highest BCUT2D eigenvalue weighted by molar-refractivity contribution is 5.74. The van der Waals surface area contributed by atoms with Crippen molar-refractivity contribution in [3.8, 4) is 0 Å². The molecule has 4 aliphatic rings. The van der Waals surface area contributed by atoms with Crippen molar-refractivity contribution in [2.24, 2.45) is 11.8 Å². The highest BCUT2D eigenvalue weighted by atomic mass is 16.8. The third-order valence-corrected chi connectivity index (χ3v) is 5.68. The first-order valence-electron chi connectivity index (χ1n) is 9.74. The fraction of sp³-hybridized carbons (Fsp3) is 0.947. The molecule has 1 spiro atoms. The second-order valence-corrected chi connectivity index (χ2v) is 8.71. The highest BCUT2D eigenvalue weighted by Gasteiger charge is 2.72. The topological polar surface area (TPSA) is 81.7 Å². The Bertz CT molecular complexity index is 605. The summed E-state index contributed by atoms with van der Waals surface area (Å²) in [6, 6.07) is 0. The Morgan fingerprint density at radius 3 is 2.33 bits per heavy atom. The molecule has 154 valence electrons. The van der Waals surface area contributed by atoms with Gasteiger partial charge in [0.25, 0.3) is 0 Å². The Balaban J connectivity index is 1.67. The van der Waals surface area contributed by atoms with Crippen molar-refractivity contribution in [1.82, 2.24) is 0 Å². The third-order valence-electron chi connectivity index (χ3n) is 5.68. The fourth-order valence-corrected chi connectivity index (χ4v) is 4.69. The normalized spacial score (nSPS) is 47.5. The van der Waals surface area contributed by atoms with Gasteiger partial charge in [-0.2, -0.15) is 0 Å². The Morgan fingerprint density at radius 2 is 1.70 bits per heavy atom. The minimum atomic E-state index is -1.25. The summed E-state index contributed by atoms with van der Waals surface area (Å²) in [6.07, 6.45) is -1.79. The van der Waals surface area contributed by atoms with Gasteiger partial charge in [0, 0.05) is 0 Å². The zero-order chi connectivity index (χ0) is 19.6. The molecule has 8 heteroatoms. The van der Waals surface area contributed by atoms with Gasteiger partial charge in [0.2, 0.25) is 5.79 Å². The molecule has 4 heterocycles. The van der Waals surface area contributed by atoms with E-state index in [4.69, 9.17) is 33.2 Å². The number of fused-ring (bicyclic) bond motifs is 2. The Labute approximate surface area is 159 Å². The van der Waals surface area contributed by atoms with Crippen LogP contribution in [-0.2, 0) is 38.0 Å². The number of hydrogen-bond acceptors (Lipinski definition) is 8. The molecule has 0 aromatic carbocycles. The van der Waals surface area contributed by atoms with Crippen molar-refractivity contribution in [1.29, 1.82) is 0 Å². The third kappa shape index (κ3) is 3.10. The summed E-state index contributed by atoms with van der Waals surface area (Å²) in [5, 5.41) is 0. The predicted molar refractivity (Wildman–Crippen MR) is 91.6 cm³/mol. The zero-order valence-corrected chi connectivity index (χ0v) is 16.9. The van der Waals surface area contributed by atoms with E-state index in [1.54, 1.807) is 6.92 Å². The van der Waals surface area contributed by atoms with E-state index in [1.165, 1.54) is 0 Å². The maximum absolute atomic E-state index is 12.8. The summed E-state index contributed by atoms with van der Waals surface area (Å²) in [7, 11) is 0. The average Bonchev–Trinajstić information content (AvgIpc) is 3.24. The summed E-state index contributed by atoms with van der Waals surface area (Å²) in [5.41, 5.74) is 0. The Morgan fingerprint density at radius 1 is 0.963 bits per heavy atom. The van der Waals surface area contributed by atoms with Crippen LogP contribution in [0.4, 0.5) is 0 Å². The molecular weight excluding hydrogens is 356 g/mol.